The molecule has 1 heterocycles. The highest BCUT2D eigenvalue weighted by Gasteiger charge is 2.14. The van der Waals surface area contributed by atoms with E-state index in [0.29, 0.717) is 38.7 Å². The number of ether oxygens (including phenoxy) is 3. The van der Waals surface area contributed by atoms with Crippen molar-refractivity contribution in [2.45, 2.75) is 5.16 Å². The molecule has 3 rings (SSSR count). The summed E-state index contributed by atoms with van der Waals surface area (Å²) < 4.78 is 19.8. The largest absolute Gasteiger partial charge is 0.493 e. The number of hydrogen-bond acceptors (Lipinski definition) is 10. The fraction of sp³-hybridized carbons (Fsp3) is 0.136. The summed E-state index contributed by atoms with van der Waals surface area (Å²) in [6.07, 6.45) is 3.24. The quantitative estimate of drug-likeness (QED) is 0.166. The van der Waals surface area contributed by atoms with Crippen LogP contribution in [0.1, 0.15) is 15.9 Å². The van der Waals surface area contributed by atoms with Crippen molar-refractivity contribution in [2.24, 2.45) is 0 Å². The maximum absolute atomic E-state index is 12.4. The van der Waals surface area contributed by atoms with Gasteiger partial charge in [-0.2, -0.15) is 14.6 Å². The predicted octanol–water partition coefficient (Wildman–Crippen LogP) is 4.04. The topological polar surface area (TPSA) is 123 Å². The van der Waals surface area contributed by atoms with Crippen molar-refractivity contribution in [1.82, 2.24) is 9.36 Å². The van der Waals surface area contributed by atoms with Crippen molar-refractivity contribution in [3.63, 3.8) is 0 Å². The van der Waals surface area contributed by atoms with E-state index in [2.05, 4.69) is 14.7 Å². The highest BCUT2D eigenvalue weighted by Crippen LogP contribution is 2.28. The fourth-order valence-corrected chi connectivity index (χ4v) is 3.71. The van der Waals surface area contributed by atoms with Crippen LogP contribution in [0.4, 0.5) is 5.13 Å². The molecule has 9 nitrogen and oxygen atoms in total. The summed E-state index contributed by atoms with van der Waals surface area (Å²) in [7, 11) is 2.98. The van der Waals surface area contributed by atoms with Gasteiger partial charge in [0.2, 0.25) is 10.3 Å². The Bertz CT molecular complexity index is 1230. The van der Waals surface area contributed by atoms with E-state index in [1.54, 1.807) is 36.4 Å². The molecule has 0 spiro atoms. The number of carbonyl (C=O) groups is 2. The molecule has 0 aliphatic rings. The molecule has 33 heavy (non-hydrogen) atoms. The number of methoxy groups -OCH3 is 2. The number of carbonyl (C=O) groups excluding carboxylic acids is 2. The molecule has 2 aromatic carbocycles. The number of hydrogen-bond donors (Lipinski definition) is 1. The van der Waals surface area contributed by atoms with Gasteiger partial charge in [-0.1, -0.05) is 23.9 Å². The first-order chi connectivity index (χ1) is 16.0. The van der Waals surface area contributed by atoms with Gasteiger partial charge < -0.3 is 14.2 Å². The number of amides is 1. The average Bonchev–Trinajstić information content (AvgIpc) is 3.30. The van der Waals surface area contributed by atoms with Crippen LogP contribution in [0, 0.1) is 11.3 Å². The SMILES string of the molecule is COc1ccc(C(=O)Oc2ccc(/C=C(/C#N)C(=O)Nc3nc(SC)ns3)cc2)cc1OC. The lowest BCUT2D eigenvalue weighted by molar-refractivity contribution is -0.112. The number of nitrogens with zero attached hydrogens (tertiary/aromatic N) is 3. The Morgan fingerprint density at radius 3 is 2.45 bits per heavy atom. The first kappa shape index (κ1) is 23.8. The second kappa shape index (κ2) is 11.1. The maximum Gasteiger partial charge on any atom is 0.343 e. The van der Waals surface area contributed by atoms with E-state index in [9.17, 15) is 14.9 Å². The lowest BCUT2D eigenvalue weighted by Gasteiger charge is -2.09. The molecule has 0 saturated heterocycles. The molecule has 1 amide bonds. The van der Waals surface area contributed by atoms with E-state index in [-0.39, 0.29) is 5.57 Å². The molecular weight excluding hydrogens is 464 g/mol. The summed E-state index contributed by atoms with van der Waals surface area (Å²) in [5, 5.41) is 12.8. The van der Waals surface area contributed by atoms with Gasteiger partial charge in [-0.25, -0.2) is 4.79 Å². The molecule has 1 N–H and O–H groups in total. The first-order valence-corrected chi connectivity index (χ1v) is 11.3. The Labute approximate surface area is 198 Å². The maximum atomic E-state index is 12.4. The van der Waals surface area contributed by atoms with E-state index in [1.807, 2.05) is 12.3 Å². The van der Waals surface area contributed by atoms with Crippen LogP contribution in [0.2, 0.25) is 0 Å². The number of esters is 1. The minimum Gasteiger partial charge on any atom is -0.493 e. The van der Waals surface area contributed by atoms with Crippen LogP contribution < -0.4 is 19.5 Å². The Morgan fingerprint density at radius 2 is 1.85 bits per heavy atom. The van der Waals surface area contributed by atoms with Gasteiger partial charge in [0.05, 0.1) is 19.8 Å². The number of benzene rings is 2. The molecule has 3 aromatic rings. The molecule has 1 aromatic heterocycles. The number of nitrogens with one attached hydrogen (secondary N) is 1. The molecule has 168 valence electrons. The summed E-state index contributed by atoms with van der Waals surface area (Å²) >= 11 is 2.38. The third-order valence-electron chi connectivity index (χ3n) is 4.20. The second-order valence-corrected chi connectivity index (χ2v) is 7.76. The van der Waals surface area contributed by atoms with Crippen molar-refractivity contribution in [1.29, 1.82) is 5.26 Å². The van der Waals surface area contributed by atoms with Gasteiger partial charge in [0.15, 0.2) is 11.5 Å². The summed E-state index contributed by atoms with van der Waals surface area (Å²) in [4.78, 5) is 28.9. The molecule has 0 aliphatic heterocycles. The minimum absolute atomic E-state index is 0.106. The van der Waals surface area contributed by atoms with Crippen LogP contribution in [0.5, 0.6) is 17.2 Å². The predicted molar refractivity (Wildman–Crippen MR) is 125 cm³/mol. The van der Waals surface area contributed by atoms with Crippen LogP contribution in [0.3, 0.4) is 0 Å². The van der Waals surface area contributed by atoms with Crippen molar-refractivity contribution in [2.75, 3.05) is 25.8 Å². The number of rotatable bonds is 8. The Kier molecular flexibility index (Phi) is 8.01. The van der Waals surface area contributed by atoms with Gasteiger partial charge in [-0.15, -0.1) is 0 Å². The summed E-state index contributed by atoms with van der Waals surface area (Å²) in [5.74, 6) is 0.0444. The molecular formula is C22H18N4O5S2. The average molecular weight is 483 g/mol. The van der Waals surface area contributed by atoms with Gasteiger partial charge >= 0.3 is 5.97 Å². The minimum atomic E-state index is -0.592. The molecule has 0 saturated carbocycles. The summed E-state index contributed by atoms with van der Waals surface area (Å²) in [5.41, 5.74) is 0.766. The Hall–Kier alpha value is -3.88. The van der Waals surface area contributed by atoms with E-state index < -0.39 is 11.9 Å². The van der Waals surface area contributed by atoms with Crippen molar-refractivity contribution in [3.05, 3.63) is 59.2 Å². The molecule has 0 radical (unpaired) electrons. The van der Waals surface area contributed by atoms with E-state index >= 15 is 0 Å². The van der Waals surface area contributed by atoms with Crippen LogP contribution in [-0.4, -0.2) is 41.7 Å². The first-order valence-electron chi connectivity index (χ1n) is 9.32. The normalized spacial score (nSPS) is 10.8. The highest BCUT2D eigenvalue weighted by molar-refractivity contribution is 7.98. The molecule has 0 bridgehead atoms. The standard InChI is InChI=1S/C22H18N4O5S2/c1-29-17-9-6-14(11-18(17)30-2)20(28)31-16-7-4-13(5-8-16)10-15(12-23)19(27)24-21-25-22(32-3)26-33-21/h4-11H,1-3H3,(H,24,25,26,27)/b15-10-. The number of thioether (sulfide) groups is 1. The van der Waals surface area contributed by atoms with Crippen LogP contribution in [0.25, 0.3) is 6.08 Å². The molecule has 0 fully saturated rings. The van der Waals surface area contributed by atoms with Gasteiger partial charge in [-0.3, -0.25) is 10.1 Å². The zero-order valence-electron chi connectivity index (χ0n) is 17.8. The zero-order valence-corrected chi connectivity index (χ0v) is 19.5. The third-order valence-corrected chi connectivity index (χ3v) is 5.49. The van der Waals surface area contributed by atoms with Crippen LogP contribution in [-0.2, 0) is 4.79 Å². The zero-order chi connectivity index (χ0) is 23.8. The number of anilines is 1. The second-order valence-electron chi connectivity index (χ2n) is 6.24. The Balaban J connectivity index is 1.68. The lowest BCUT2D eigenvalue weighted by atomic mass is 10.1. The fourth-order valence-electron chi connectivity index (χ4n) is 2.58. The summed E-state index contributed by atoms with van der Waals surface area (Å²) in [6, 6.07) is 12.9. The molecule has 0 atom stereocenters. The van der Waals surface area contributed by atoms with Gasteiger partial charge in [0, 0.05) is 11.5 Å². The monoisotopic (exact) mass is 482 g/mol. The molecule has 11 heteroatoms. The molecule has 0 aliphatic carbocycles. The Morgan fingerprint density at radius 1 is 1.12 bits per heavy atom. The lowest BCUT2D eigenvalue weighted by Crippen LogP contribution is -2.13. The highest BCUT2D eigenvalue weighted by atomic mass is 32.2. The number of nitriles is 1. The smallest absolute Gasteiger partial charge is 0.343 e. The van der Waals surface area contributed by atoms with Gasteiger partial charge in [0.1, 0.15) is 17.4 Å². The summed E-state index contributed by atoms with van der Waals surface area (Å²) in [6.45, 7) is 0. The van der Waals surface area contributed by atoms with E-state index in [4.69, 9.17) is 14.2 Å². The third kappa shape index (κ3) is 6.09. The van der Waals surface area contributed by atoms with Gasteiger partial charge in [0.25, 0.3) is 5.91 Å². The van der Waals surface area contributed by atoms with Crippen molar-refractivity contribution in [3.8, 4) is 23.3 Å². The van der Waals surface area contributed by atoms with Crippen LogP contribution >= 0.6 is 23.3 Å². The number of aromatic nitrogens is 2. The molecule has 0 unspecified atom stereocenters. The van der Waals surface area contributed by atoms with E-state index in [1.165, 1.54) is 38.1 Å². The van der Waals surface area contributed by atoms with Crippen molar-refractivity contribution < 1.29 is 23.8 Å². The van der Waals surface area contributed by atoms with Crippen molar-refractivity contribution >= 4 is 46.4 Å². The van der Waals surface area contributed by atoms with Gasteiger partial charge in [-0.05, 0) is 48.2 Å². The van der Waals surface area contributed by atoms with E-state index in [0.717, 1.165) is 11.5 Å². The van der Waals surface area contributed by atoms with Crippen LogP contribution in [0.15, 0.2) is 53.2 Å².